The molecule has 3 aromatic rings. The van der Waals surface area contributed by atoms with Gasteiger partial charge in [0.2, 0.25) is 5.91 Å². The topological polar surface area (TPSA) is 69.0 Å². The highest BCUT2D eigenvalue weighted by Crippen LogP contribution is 2.27. The number of nitrogens with one attached hydrogen (secondary N) is 1. The summed E-state index contributed by atoms with van der Waals surface area (Å²) in [7, 11) is 3.39. The van der Waals surface area contributed by atoms with E-state index in [-0.39, 0.29) is 17.0 Å². The van der Waals surface area contributed by atoms with E-state index in [1.54, 1.807) is 36.9 Å². The number of methoxy groups -OCH3 is 1. The van der Waals surface area contributed by atoms with Gasteiger partial charge in [-0.1, -0.05) is 36.0 Å². The molecule has 1 amide bonds. The molecule has 29 heavy (non-hydrogen) atoms. The predicted molar refractivity (Wildman–Crippen MR) is 111 cm³/mol. The van der Waals surface area contributed by atoms with Crippen LogP contribution in [0, 0.1) is 5.82 Å². The minimum atomic E-state index is -0.359. The van der Waals surface area contributed by atoms with Gasteiger partial charge in [0.15, 0.2) is 11.0 Å². The van der Waals surface area contributed by atoms with E-state index in [2.05, 4.69) is 15.5 Å². The maximum atomic E-state index is 14.0. The smallest absolute Gasteiger partial charge is 0.233 e. The van der Waals surface area contributed by atoms with Crippen molar-refractivity contribution >= 4 is 17.7 Å². The lowest BCUT2D eigenvalue weighted by molar-refractivity contribution is -0.120. The highest BCUT2D eigenvalue weighted by molar-refractivity contribution is 8.00. The van der Waals surface area contributed by atoms with Gasteiger partial charge in [-0.3, -0.25) is 4.79 Å². The first kappa shape index (κ1) is 20.9. The van der Waals surface area contributed by atoms with Crippen molar-refractivity contribution in [2.24, 2.45) is 7.05 Å². The summed E-state index contributed by atoms with van der Waals surface area (Å²) < 4.78 is 20.9. The number of hydrogen-bond acceptors (Lipinski definition) is 5. The number of aromatic nitrogens is 3. The van der Waals surface area contributed by atoms with E-state index >= 15 is 0 Å². The van der Waals surface area contributed by atoms with E-state index in [1.165, 1.54) is 17.8 Å². The summed E-state index contributed by atoms with van der Waals surface area (Å²) in [5.74, 6) is 0.793. The van der Waals surface area contributed by atoms with Crippen LogP contribution < -0.4 is 10.1 Å². The number of ether oxygens (including phenoxy) is 1. The van der Waals surface area contributed by atoms with Crippen molar-refractivity contribution in [3.05, 3.63) is 59.9 Å². The average Bonchev–Trinajstić information content (AvgIpc) is 3.08. The number of thioether (sulfide) groups is 1. The fourth-order valence-electron chi connectivity index (χ4n) is 2.77. The second-order valence-electron chi connectivity index (χ2n) is 6.49. The number of carbonyl (C=O) groups excluding carboxylic acids is 1. The Kier molecular flexibility index (Phi) is 6.87. The van der Waals surface area contributed by atoms with Crippen LogP contribution in [0.2, 0.25) is 0 Å². The van der Waals surface area contributed by atoms with Crippen molar-refractivity contribution in [2.75, 3.05) is 13.7 Å². The Labute approximate surface area is 173 Å². The van der Waals surface area contributed by atoms with E-state index in [1.807, 2.05) is 31.2 Å². The molecular formula is C21H23FN4O2S. The molecule has 0 aliphatic rings. The number of nitrogens with zero attached hydrogens (tertiary/aromatic N) is 3. The minimum absolute atomic E-state index is 0.0843. The summed E-state index contributed by atoms with van der Waals surface area (Å²) in [4.78, 5) is 12.4. The van der Waals surface area contributed by atoms with Crippen LogP contribution in [0.25, 0.3) is 11.4 Å². The monoisotopic (exact) mass is 414 g/mol. The molecule has 6 nitrogen and oxygen atoms in total. The van der Waals surface area contributed by atoms with Crippen LogP contribution >= 0.6 is 11.8 Å². The van der Waals surface area contributed by atoms with Crippen LogP contribution in [0.5, 0.6) is 5.75 Å². The molecule has 1 aromatic heterocycles. The molecular weight excluding hydrogens is 391 g/mol. The zero-order valence-electron chi connectivity index (χ0n) is 16.6. The SMILES string of the molecule is COc1ccc(CCNC(=O)[C@@H](C)Sc2nnc(-c3ccccc3F)n2C)cc1. The molecule has 0 unspecified atom stereocenters. The average molecular weight is 415 g/mol. The van der Waals surface area contributed by atoms with E-state index in [0.717, 1.165) is 17.7 Å². The summed E-state index contributed by atoms with van der Waals surface area (Å²) in [5, 5.41) is 11.3. The molecule has 0 spiro atoms. The van der Waals surface area contributed by atoms with Crippen LogP contribution in [0.3, 0.4) is 0 Å². The molecule has 0 aliphatic carbocycles. The molecule has 8 heteroatoms. The molecule has 1 N–H and O–H groups in total. The summed E-state index contributed by atoms with van der Waals surface area (Å²) in [5.41, 5.74) is 1.50. The Balaban J connectivity index is 1.55. The molecule has 3 rings (SSSR count). The van der Waals surface area contributed by atoms with E-state index < -0.39 is 0 Å². The summed E-state index contributed by atoms with van der Waals surface area (Å²) >= 11 is 1.29. The van der Waals surface area contributed by atoms with E-state index in [4.69, 9.17) is 4.74 Å². The van der Waals surface area contributed by atoms with Crippen molar-refractivity contribution in [2.45, 2.75) is 23.8 Å². The molecule has 1 heterocycles. The van der Waals surface area contributed by atoms with Crippen LogP contribution in [0.1, 0.15) is 12.5 Å². The second kappa shape index (κ2) is 9.56. The maximum Gasteiger partial charge on any atom is 0.233 e. The highest BCUT2D eigenvalue weighted by atomic mass is 32.2. The molecule has 0 saturated heterocycles. The zero-order valence-corrected chi connectivity index (χ0v) is 17.4. The second-order valence-corrected chi connectivity index (χ2v) is 7.80. The lowest BCUT2D eigenvalue weighted by Gasteiger charge is -2.12. The first-order valence-electron chi connectivity index (χ1n) is 9.21. The van der Waals surface area contributed by atoms with E-state index in [0.29, 0.717) is 23.1 Å². The molecule has 1 atom stereocenters. The molecule has 2 aromatic carbocycles. The quantitative estimate of drug-likeness (QED) is 0.572. The zero-order chi connectivity index (χ0) is 20.8. The van der Waals surface area contributed by atoms with Gasteiger partial charge in [-0.05, 0) is 43.2 Å². The predicted octanol–water partition coefficient (Wildman–Crippen LogP) is 3.47. The number of carbonyl (C=O) groups is 1. The number of amides is 1. The van der Waals surface area contributed by atoms with Gasteiger partial charge in [-0.2, -0.15) is 0 Å². The molecule has 0 saturated carbocycles. The summed E-state index contributed by atoms with van der Waals surface area (Å²) in [6.45, 7) is 2.35. The minimum Gasteiger partial charge on any atom is -0.497 e. The Morgan fingerprint density at radius 1 is 1.21 bits per heavy atom. The third-order valence-electron chi connectivity index (χ3n) is 4.47. The number of hydrogen-bond donors (Lipinski definition) is 1. The summed E-state index contributed by atoms with van der Waals surface area (Å²) in [6, 6.07) is 14.2. The molecule has 0 radical (unpaired) electrons. The summed E-state index contributed by atoms with van der Waals surface area (Å²) in [6.07, 6.45) is 0.731. The highest BCUT2D eigenvalue weighted by Gasteiger charge is 2.20. The third-order valence-corrected chi connectivity index (χ3v) is 5.61. The number of halogens is 1. The van der Waals surface area contributed by atoms with Crippen molar-refractivity contribution in [1.82, 2.24) is 20.1 Å². The van der Waals surface area contributed by atoms with Gasteiger partial charge in [0, 0.05) is 13.6 Å². The van der Waals surface area contributed by atoms with Crippen molar-refractivity contribution < 1.29 is 13.9 Å². The van der Waals surface area contributed by atoms with Gasteiger partial charge >= 0.3 is 0 Å². The van der Waals surface area contributed by atoms with Gasteiger partial charge < -0.3 is 14.6 Å². The van der Waals surface area contributed by atoms with Gasteiger partial charge in [-0.25, -0.2) is 4.39 Å². The van der Waals surface area contributed by atoms with Gasteiger partial charge in [-0.15, -0.1) is 10.2 Å². The number of rotatable bonds is 8. The first-order valence-corrected chi connectivity index (χ1v) is 10.1. The Hall–Kier alpha value is -2.87. The number of benzene rings is 2. The molecule has 0 aliphatic heterocycles. The molecule has 152 valence electrons. The van der Waals surface area contributed by atoms with Crippen molar-refractivity contribution in [1.29, 1.82) is 0 Å². The lowest BCUT2D eigenvalue weighted by Crippen LogP contribution is -2.32. The van der Waals surface area contributed by atoms with Crippen LogP contribution in [0.4, 0.5) is 4.39 Å². The largest absolute Gasteiger partial charge is 0.497 e. The Bertz CT molecular complexity index is 975. The third kappa shape index (κ3) is 5.14. The normalized spacial score (nSPS) is 11.9. The molecule has 0 bridgehead atoms. The Morgan fingerprint density at radius 3 is 2.62 bits per heavy atom. The first-order chi connectivity index (χ1) is 14.0. The fraction of sp³-hybridized carbons (Fsp3) is 0.286. The van der Waals surface area contributed by atoms with Crippen molar-refractivity contribution in [3.63, 3.8) is 0 Å². The van der Waals surface area contributed by atoms with Crippen LogP contribution in [-0.2, 0) is 18.3 Å². The lowest BCUT2D eigenvalue weighted by atomic mass is 10.1. The maximum absolute atomic E-state index is 14.0. The van der Waals surface area contributed by atoms with Crippen LogP contribution in [0.15, 0.2) is 53.7 Å². The Morgan fingerprint density at radius 2 is 1.93 bits per heavy atom. The standard InChI is InChI=1S/C21H23FN4O2S/c1-14(20(27)23-13-12-15-8-10-16(28-3)11-9-15)29-21-25-24-19(26(21)2)17-6-4-5-7-18(17)22/h4-11,14H,12-13H2,1-3H3,(H,23,27)/t14-/m1/s1. The van der Waals surface area contributed by atoms with Crippen molar-refractivity contribution in [3.8, 4) is 17.1 Å². The van der Waals surface area contributed by atoms with Crippen LogP contribution in [-0.4, -0.2) is 39.6 Å². The van der Waals surface area contributed by atoms with Gasteiger partial charge in [0.1, 0.15) is 11.6 Å². The van der Waals surface area contributed by atoms with Gasteiger partial charge in [0.25, 0.3) is 0 Å². The fourth-order valence-corrected chi connectivity index (χ4v) is 3.61. The van der Waals surface area contributed by atoms with Gasteiger partial charge in [0.05, 0.1) is 17.9 Å². The van der Waals surface area contributed by atoms with E-state index in [9.17, 15) is 9.18 Å². The molecule has 0 fully saturated rings.